The molecule has 1 aromatic heterocycles. The fourth-order valence-electron chi connectivity index (χ4n) is 2.15. The van der Waals surface area contributed by atoms with Gasteiger partial charge in [-0.2, -0.15) is 0 Å². The highest BCUT2D eigenvalue weighted by Gasteiger charge is 2.11. The van der Waals surface area contributed by atoms with Gasteiger partial charge in [0, 0.05) is 12.1 Å². The first-order chi connectivity index (χ1) is 10.0. The lowest BCUT2D eigenvalue weighted by Gasteiger charge is -2.09. The van der Waals surface area contributed by atoms with Gasteiger partial charge in [0.15, 0.2) is 4.77 Å². The minimum Gasteiger partial charge on any atom is -0.495 e. The highest BCUT2D eigenvalue weighted by Crippen LogP contribution is 2.30. The van der Waals surface area contributed by atoms with E-state index in [1.54, 1.807) is 13.2 Å². The molecular weight excluding hydrogens is 423 g/mol. The third-order valence-electron chi connectivity index (χ3n) is 3.12. The summed E-state index contributed by atoms with van der Waals surface area (Å²) in [5.74, 6) is 0.365. The minimum atomic E-state index is -0.334. The largest absolute Gasteiger partial charge is 0.495 e. The van der Waals surface area contributed by atoms with Crippen LogP contribution in [0.4, 0.5) is 4.39 Å². The first-order valence-corrected chi connectivity index (χ1v) is 7.94. The van der Waals surface area contributed by atoms with Gasteiger partial charge in [0.2, 0.25) is 0 Å². The normalized spacial score (nSPS) is 11.0. The molecule has 0 saturated heterocycles. The first kappa shape index (κ1) is 14.7. The van der Waals surface area contributed by atoms with Crippen LogP contribution in [0.15, 0.2) is 39.3 Å². The Morgan fingerprint density at radius 3 is 2.67 bits per heavy atom. The van der Waals surface area contributed by atoms with Gasteiger partial charge in [0.1, 0.15) is 11.6 Å². The van der Waals surface area contributed by atoms with E-state index in [1.807, 2.05) is 22.8 Å². The van der Waals surface area contributed by atoms with E-state index < -0.39 is 0 Å². The van der Waals surface area contributed by atoms with Crippen molar-refractivity contribution in [3.63, 3.8) is 0 Å². The zero-order valence-corrected chi connectivity index (χ0v) is 14.8. The zero-order valence-electron chi connectivity index (χ0n) is 10.8. The number of aromatic amines is 1. The van der Waals surface area contributed by atoms with Crippen LogP contribution >= 0.6 is 44.1 Å². The topological polar surface area (TPSA) is 29.9 Å². The number of hydrogen-bond acceptors (Lipinski definition) is 2. The predicted molar refractivity (Wildman–Crippen MR) is 90.4 cm³/mol. The van der Waals surface area contributed by atoms with Gasteiger partial charge in [-0.15, -0.1) is 0 Å². The van der Waals surface area contributed by atoms with Crippen LogP contribution < -0.4 is 4.74 Å². The fourth-order valence-corrected chi connectivity index (χ4v) is 3.20. The maximum Gasteiger partial charge on any atom is 0.182 e. The number of halogens is 3. The van der Waals surface area contributed by atoms with Gasteiger partial charge >= 0.3 is 0 Å². The zero-order chi connectivity index (χ0) is 15.1. The summed E-state index contributed by atoms with van der Waals surface area (Å²) in [6.45, 7) is 0. The Morgan fingerprint density at radius 2 is 1.95 bits per heavy atom. The van der Waals surface area contributed by atoms with E-state index in [9.17, 15) is 4.39 Å². The average molecular weight is 432 g/mol. The highest BCUT2D eigenvalue weighted by molar-refractivity contribution is 9.10. The van der Waals surface area contributed by atoms with Crippen LogP contribution in [0, 0.1) is 10.6 Å². The second-order valence-electron chi connectivity index (χ2n) is 4.37. The molecular formula is C14H9Br2FN2OS. The van der Waals surface area contributed by atoms with Crippen LogP contribution in [0.2, 0.25) is 0 Å². The Morgan fingerprint density at radius 1 is 1.19 bits per heavy atom. The molecule has 3 nitrogen and oxygen atoms in total. The second-order valence-corrected chi connectivity index (χ2v) is 6.46. The van der Waals surface area contributed by atoms with E-state index in [0.717, 1.165) is 15.7 Å². The van der Waals surface area contributed by atoms with Crippen molar-refractivity contribution in [1.82, 2.24) is 9.55 Å². The summed E-state index contributed by atoms with van der Waals surface area (Å²) in [5.41, 5.74) is 2.27. The van der Waals surface area contributed by atoms with Crippen molar-refractivity contribution in [3.05, 3.63) is 49.9 Å². The van der Waals surface area contributed by atoms with Crippen molar-refractivity contribution in [2.24, 2.45) is 0 Å². The van der Waals surface area contributed by atoms with E-state index in [0.29, 0.717) is 20.5 Å². The molecule has 1 heterocycles. The molecule has 0 amide bonds. The third kappa shape index (κ3) is 2.54. The number of imidazole rings is 1. The molecule has 0 aliphatic carbocycles. The molecule has 0 atom stereocenters. The lowest BCUT2D eigenvalue weighted by molar-refractivity contribution is 0.412. The molecule has 0 unspecified atom stereocenters. The van der Waals surface area contributed by atoms with Crippen LogP contribution in [0.1, 0.15) is 0 Å². The lowest BCUT2D eigenvalue weighted by Crippen LogP contribution is -1.95. The van der Waals surface area contributed by atoms with Crippen molar-refractivity contribution >= 4 is 55.1 Å². The Balaban J connectivity index is 2.32. The quantitative estimate of drug-likeness (QED) is 0.553. The van der Waals surface area contributed by atoms with Crippen LogP contribution in [0.5, 0.6) is 5.75 Å². The summed E-state index contributed by atoms with van der Waals surface area (Å²) in [4.78, 5) is 3.01. The van der Waals surface area contributed by atoms with Crippen molar-refractivity contribution in [3.8, 4) is 11.4 Å². The van der Waals surface area contributed by atoms with Gasteiger partial charge in [0.05, 0.1) is 32.8 Å². The first-order valence-electron chi connectivity index (χ1n) is 5.95. The van der Waals surface area contributed by atoms with Crippen LogP contribution in [0.25, 0.3) is 16.7 Å². The molecule has 3 rings (SSSR count). The molecule has 108 valence electrons. The number of aromatic nitrogens is 2. The van der Waals surface area contributed by atoms with Gasteiger partial charge in [-0.1, -0.05) is 0 Å². The van der Waals surface area contributed by atoms with Gasteiger partial charge in [-0.05, 0) is 62.3 Å². The van der Waals surface area contributed by atoms with E-state index in [1.165, 1.54) is 6.07 Å². The van der Waals surface area contributed by atoms with E-state index in [2.05, 4.69) is 36.8 Å². The standard InChI is InChI=1S/C14H9Br2FN2OS/c1-20-13-4-7(2-3-8(13)15)19-12-5-9(16)10(17)6-11(12)18-14(19)21/h2-6H,1H3,(H,18,21). The third-order valence-corrected chi connectivity index (χ3v) is 4.66. The molecule has 0 radical (unpaired) electrons. The number of nitrogens with zero attached hydrogens (tertiary/aromatic N) is 1. The van der Waals surface area contributed by atoms with E-state index in [-0.39, 0.29) is 5.82 Å². The smallest absolute Gasteiger partial charge is 0.182 e. The molecule has 0 spiro atoms. The molecule has 1 N–H and O–H groups in total. The van der Waals surface area contributed by atoms with Gasteiger partial charge < -0.3 is 9.72 Å². The van der Waals surface area contributed by atoms with Crippen molar-refractivity contribution in [2.45, 2.75) is 0 Å². The summed E-state index contributed by atoms with van der Waals surface area (Å²) in [6, 6.07) is 8.78. The van der Waals surface area contributed by atoms with Crippen LogP contribution in [-0.2, 0) is 0 Å². The molecule has 3 aromatic rings. The SMILES string of the molecule is COc1cc(-n2c(=S)[nH]c3cc(F)c(Br)cc32)ccc1Br. The van der Waals surface area contributed by atoms with Crippen molar-refractivity contribution in [2.75, 3.05) is 7.11 Å². The summed E-state index contributed by atoms with van der Waals surface area (Å²) in [6.07, 6.45) is 0. The number of ether oxygens (including phenoxy) is 1. The number of fused-ring (bicyclic) bond motifs is 1. The second kappa shape index (κ2) is 5.55. The number of rotatable bonds is 2. The summed E-state index contributed by atoms with van der Waals surface area (Å²) in [7, 11) is 1.60. The summed E-state index contributed by atoms with van der Waals surface area (Å²) < 4.78 is 22.5. The molecule has 2 aromatic carbocycles. The lowest BCUT2D eigenvalue weighted by atomic mass is 10.2. The van der Waals surface area contributed by atoms with Gasteiger partial charge in [-0.3, -0.25) is 4.57 Å². The van der Waals surface area contributed by atoms with Crippen molar-refractivity contribution in [1.29, 1.82) is 0 Å². The number of benzene rings is 2. The number of H-pyrrole nitrogens is 1. The average Bonchev–Trinajstić information content (AvgIpc) is 2.75. The summed E-state index contributed by atoms with van der Waals surface area (Å²) >= 11 is 12.0. The number of methoxy groups -OCH3 is 1. The highest BCUT2D eigenvalue weighted by atomic mass is 79.9. The molecule has 0 aliphatic rings. The molecule has 0 aliphatic heterocycles. The van der Waals surface area contributed by atoms with Crippen LogP contribution in [-0.4, -0.2) is 16.7 Å². The van der Waals surface area contributed by atoms with Crippen molar-refractivity contribution < 1.29 is 9.13 Å². The van der Waals surface area contributed by atoms with E-state index >= 15 is 0 Å². The maximum atomic E-state index is 13.6. The number of nitrogens with one attached hydrogen (secondary N) is 1. The minimum absolute atomic E-state index is 0.334. The monoisotopic (exact) mass is 430 g/mol. The Hall–Kier alpha value is -1.18. The van der Waals surface area contributed by atoms with Gasteiger partial charge in [-0.25, -0.2) is 4.39 Å². The maximum absolute atomic E-state index is 13.6. The Bertz CT molecular complexity index is 904. The molecule has 0 saturated carbocycles. The Kier molecular flexibility index (Phi) is 3.90. The predicted octanol–water partition coefficient (Wildman–Crippen LogP) is 5.36. The molecule has 21 heavy (non-hydrogen) atoms. The molecule has 0 bridgehead atoms. The van der Waals surface area contributed by atoms with Gasteiger partial charge in [0.25, 0.3) is 0 Å². The molecule has 7 heteroatoms. The van der Waals surface area contributed by atoms with E-state index in [4.69, 9.17) is 17.0 Å². The molecule has 0 fully saturated rings. The number of hydrogen-bond donors (Lipinski definition) is 1. The summed E-state index contributed by atoms with van der Waals surface area (Å²) in [5, 5.41) is 0. The van der Waals surface area contributed by atoms with Crippen LogP contribution in [0.3, 0.4) is 0 Å². The fraction of sp³-hybridized carbons (Fsp3) is 0.0714. The Labute approximate surface area is 142 Å².